The van der Waals surface area contributed by atoms with Crippen LogP contribution in [0.25, 0.3) is 0 Å². The van der Waals surface area contributed by atoms with Gasteiger partial charge in [-0.05, 0) is 20.8 Å². The van der Waals surface area contributed by atoms with Gasteiger partial charge in [0.2, 0.25) is 10.0 Å². The van der Waals surface area contributed by atoms with Gasteiger partial charge in [0.15, 0.2) is 0 Å². The van der Waals surface area contributed by atoms with Gasteiger partial charge in [-0.2, -0.15) is 4.31 Å². The molecule has 1 aliphatic heterocycles. The highest BCUT2D eigenvalue weighted by molar-refractivity contribution is 7.88. The van der Waals surface area contributed by atoms with Gasteiger partial charge in [-0.1, -0.05) is 0 Å². The minimum atomic E-state index is -3.00. The molecule has 1 fully saturated rings. The van der Waals surface area contributed by atoms with Crippen molar-refractivity contribution in [3.05, 3.63) is 0 Å². The summed E-state index contributed by atoms with van der Waals surface area (Å²) in [6.07, 6.45) is 1.28. The molecule has 1 rings (SSSR count). The molecule has 0 amide bonds. The lowest BCUT2D eigenvalue weighted by Crippen LogP contribution is -2.55. The summed E-state index contributed by atoms with van der Waals surface area (Å²) >= 11 is 0. The second-order valence-electron chi connectivity index (χ2n) is 4.30. The van der Waals surface area contributed by atoms with Crippen LogP contribution in [0.3, 0.4) is 0 Å². The monoisotopic (exact) mass is 220 g/mol. The van der Waals surface area contributed by atoms with Crippen molar-refractivity contribution in [2.75, 3.05) is 25.9 Å². The minimum absolute atomic E-state index is 0.318. The first-order valence-corrected chi connectivity index (χ1v) is 6.88. The Kier molecular flexibility index (Phi) is 3.55. The molecule has 1 heterocycles. The second kappa shape index (κ2) is 4.16. The fourth-order valence-electron chi connectivity index (χ4n) is 2.01. The predicted octanol–water partition coefficient (Wildman–Crippen LogP) is 0.361. The van der Waals surface area contributed by atoms with Crippen LogP contribution in [-0.2, 0) is 10.0 Å². The maximum absolute atomic E-state index is 11.3. The highest BCUT2D eigenvalue weighted by Gasteiger charge is 2.29. The lowest BCUT2D eigenvalue weighted by Gasteiger charge is -2.40. The minimum Gasteiger partial charge on any atom is -0.296 e. The molecule has 84 valence electrons. The quantitative estimate of drug-likeness (QED) is 0.674. The van der Waals surface area contributed by atoms with E-state index in [-0.39, 0.29) is 0 Å². The van der Waals surface area contributed by atoms with Crippen LogP contribution in [-0.4, -0.2) is 55.6 Å². The van der Waals surface area contributed by atoms with Gasteiger partial charge in [0.05, 0.1) is 6.26 Å². The van der Waals surface area contributed by atoms with E-state index >= 15 is 0 Å². The van der Waals surface area contributed by atoms with Crippen molar-refractivity contribution in [3.8, 4) is 0 Å². The first-order valence-electron chi connectivity index (χ1n) is 5.03. The molecule has 4 nitrogen and oxygen atoms in total. The van der Waals surface area contributed by atoms with Crippen molar-refractivity contribution < 1.29 is 8.42 Å². The number of sulfonamides is 1. The Hall–Kier alpha value is -0.130. The van der Waals surface area contributed by atoms with Crippen molar-refractivity contribution in [3.63, 3.8) is 0 Å². The van der Waals surface area contributed by atoms with Crippen LogP contribution in [0.2, 0.25) is 0 Å². The molecular formula is C9H20N2O2S. The first kappa shape index (κ1) is 11.9. The number of rotatable bonds is 2. The Morgan fingerprint density at radius 2 is 1.86 bits per heavy atom. The standard InChI is InChI=1S/C9H20N2O2S/c1-8(2)11-6-5-10(7-9(11)3)14(4,12)13/h8-9H,5-7H2,1-4H3/t9-/m1/s1. The molecule has 0 aromatic carbocycles. The molecule has 5 heteroatoms. The molecule has 0 unspecified atom stereocenters. The van der Waals surface area contributed by atoms with Crippen molar-refractivity contribution in [1.82, 2.24) is 9.21 Å². The van der Waals surface area contributed by atoms with Crippen molar-refractivity contribution in [2.45, 2.75) is 32.9 Å². The van der Waals surface area contributed by atoms with Crippen LogP contribution in [0.4, 0.5) is 0 Å². The summed E-state index contributed by atoms with van der Waals surface area (Å²) in [5.74, 6) is 0. The highest BCUT2D eigenvalue weighted by Crippen LogP contribution is 2.14. The lowest BCUT2D eigenvalue weighted by molar-refractivity contribution is 0.0984. The average molecular weight is 220 g/mol. The maximum atomic E-state index is 11.3. The number of hydrogen-bond acceptors (Lipinski definition) is 3. The van der Waals surface area contributed by atoms with Gasteiger partial charge < -0.3 is 0 Å². The third-order valence-corrected chi connectivity index (χ3v) is 4.04. The van der Waals surface area contributed by atoms with Gasteiger partial charge >= 0.3 is 0 Å². The van der Waals surface area contributed by atoms with E-state index in [1.54, 1.807) is 4.31 Å². The van der Waals surface area contributed by atoms with Crippen molar-refractivity contribution >= 4 is 10.0 Å². The zero-order valence-electron chi connectivity index (χ0n) is 9.40. The molecule has 1 atom stereocenters. The summed E-state index contributed by atoms with van der Waals surface area (Å²) in [5.41, 5.74) is 0. The van der Waals surface area contributed by atoms with E-state index in [4.69, 9.17) is 0 Å². The smallest absolute Gasteiger partial charge is 0.211 e. The van der Waals surface area contributed by atoms with E-state index in [2.05, 4.69) is 25.7 Å². The zero-order valence-corrected chi connectivity index (χ0v) is 10.2. The van der Waals surface area contributed by atoms with Crippen LogP contribution in [0.15, 0.2) is 0 Å². The first-order chi connectivity index (χ1) is 6.32. The molecule has 0 bridgehead atoms. The van der Waals surface area contributed by atoms with E-state index in [9.17, 15) is 8.42 Å². The van der Waals surface area contributed by atoms with Crippen molar-refractivity contribution in [1.29, 1.82) is 0 Å². The Bertz CT molecular complexity index is 287. The van der Waals surface area contributed by atoms with Crippen LogP contribution in [0.1, 0.15) is 20.8 Å². The van der Waals surface area contributed by atoms with Gasteiger partial charge in [-0.25, -0.2) is 8.42 Å². The Balaban J connectivity index is 2.64. The summed E-state index contributed by atoms with van der Waals surface area (Å²) in [6, 6.07) is 0.810. The highest BCUT2D eigenvalue weighted by atomic mass is 32.2. The third-order valence-electron chi connectivity index (χ3n) is 2.77. The molecule has 1 saturated heterocycles. The Morgan fingerprint density at radius 1 is 1.29 bits per heavy atom. The topological polar surface area (TPSA) is 40.6 Å². The Morgan fingerprint density at radius 3 is 2.21 bits per heavy atom. The zero-order chi connectivity index (χ0) is 10.9. The fraction of sp³-hybridized carbons (Fsp3) is 1.00. The Labute approximate surface area is 86.9 Å². The molecule has 0 saturated carbocycles. The molecule has 0 aromatic rings. The largest absolute Gasteiger partial charge is 0.296 e. The van der Waals surface area contributed by atoms with Gasteiger partial charge in [-0.15, -0.1) is 0 Å². The van der Waals surface area contributed by atoms with Gasteiger partial charge in [0.25, 0.3) is 0 Å². The number of piperazine rings is 1. The van der Waals surface area contributed by atoms with E-state index < -0.39 is 10.0 Å². The van der Waals surface area contributed by atoms with E-state index in [1.165, 1.54) is 6.26 Å². The summed E-state index contributed by atoms with van der Waals surface area (Å²) < 4.78 is 24.2. The SMILES string of the molecule is CC(C)N1CCN(S(C)(=O)=O)C[C@H]1C. The normalized spacial score (nSPS) is 27.1. The van der Waals surface area contributed by atoms with Crippen molar-refractivity contribution in [2.24, 2.45) is 0 Å². The molecule has 0 aromatic heterocycles. The van der Waals surface area contributed by atoms with Crippen LogP contribution in [0, 0.1) is 0 Å². The molecule has 0 spiro atoms. The third kappa shape index (κ3) is 2.68. The molecule has 14 heavy (non-hydrogen) atoms. The summed E-state index contributed by atoms with van der Waals surface area (Å²) in [6.45, 7) is 8.46. The van der Waals surface area contributed by atoms with E-state index in [0.29, 0.717) is 25.2 Å². The van der Waals surface area contributed by atoms with Crippen LogP contribution >= 0.6 is 0 Å². The molecular weight excluding hydrogens is 200 g/mol. The van der Waals surface area contributed by atoms with Gasteiger partial charge in [0.1, 0.15) is 0 Å². The predicted molar refractivity (Wildman–Crippen MR) is 57.7 cm³/mol. The summed E-state index contributed by atoms with van der Waals surface area (Å²) in [4.78, 5) is 2.34. The molecule has 1 aliphatic rings. The second-order valence-corrected chi connectivity index (χ2v) is 6.28. The van der Waals surface area contributed by atoms with Gasteiger partial charge in [-0.3, -0.25) is 4.90 Å². The summed E-state index contributed by atoms with van der Waals surface area (Å²) in [7, 11) is -3.00. The molecule has 0 N–H and O–H groups in total. The van der Waals surface area contributed by atoms with Crippen LogP contribution in [0.5, 0.6) is 0 Å². The van der Waals surface area contributed by atoms with Gasteiger partial charge in [0, 0.05) is 31.7 Å². The summed E-state index contributed by atoms with van der Waals surface area (Å²) in [5, 5.41) is 0. The molecule has 0 aliphatic carbocycles. The van der Waals surface area contributed by atoms with E-state index in [1.807, 2.05) is 0 Å². The maximum Gasteiger partial charge on any atom is 0.211 e. The fourth-order valence-corrected chi connectivity index (χ4v) is 2.91. The van der Waals surface area contributed by atoms with Crippen LogP contribution < -0.4 is 0 Å². The number of nitrogens with zero attached hydrogens (tertiary/aromatic N) is 2. The average Bonchev–Trinajstić information content (AvgIpc) is 2.01. The lowest BCUT2D eigenvalue weighted by atomic mass is 10.2. The molecule has 0 radical (unpaired) electrons. The number of hydrogen-bond donors (Lipinski definition) is 0. The van der Waals surface area contributed by atoms with E-state index in [0.717, 1.165) is 6.54 Å².